The monoisotopic (exact) mass is 397 g/mol. The van der Waals surface area contributed by atoms with E-state index in [1.165, 1.54) is 18.1 Å². The molecule has 0 bridgehead atoms. The van der Waals surface area contributed by atoms with Gasteiger partial charge in [-0.2, -0.15) is 0 Å². The minimum Gasteiger partial charge on any atom is -0.427 e. The zero-order valence-corrected chi connectivity index (χ0v) is 17.5. The number of benzene rings is 3. The fraction of sp³-hybridized carbons (Fsp3) is 0.148. The first-order valence-corrected chi connectivity index (χ1v) is 10.1. The van der Waals surface area contributed by atoms with E-state index in [2.05, 4.69) is 78.7 Å². The van der Waals surface area contributed by atoms with Gasteiger partial charge < -0.3 is 9.64 Å². The lowest BCUT2D eigenvalue weighted by atomic mass is 10.1. The first-order chi connectivity index (χ1) is 14.7. The van der Waals surface area contributed by atoms with Crippen LogP contribution in [0.25, 0.3) is 5.70 Å². The van der Waals surface area contributed by atoms with Gasteiger partial charge in [0.2, 0.25) is 0 Å². The Labute approximate surface area is 178 Å². The molecule has 3 aromatic carbocycles. The summed E-state index contributed by atoms with van der Waals surface area (Å²) in [5.74, 6) is 0.250. The molecule has 0 saturated carbocycles. The highest BCUT2D eigenvalue weighted by Crippen LogP contribution is 2.23. The second kappa shape index (κ2) is 10.8. The van der Waals surface area contributed by atoms with Gasteiger partial charge in [0.15, 0.2) is 0 Å². The maximum Gasteiger partial charge on any atom is 0.308 e. The maximum atomic E-state index is 11.1. The summed E-state index contributed by atoms with van der Waals surface area (Å²) in [7, 11) is 0. The lowest BCUT2D eigenvalue weighted by molar-refractivity contribution is -0.131. The van der Waals surface area contributed by atoms with E-state index >= 15 is 0 Å². The van der Waals surface area contributed by atoms with Gasteiger partial charge in [0.25, 0.3) is 0 Å². The first kappa shape index (κ1) is 21.1. The largest absolute Gasteiger partial charge is 0.427 e. The number of hydrogen-bond donors (Lipinski definition) is 0. The summed E-state index contributed by atoms with van der Waals surface area (Å²) in [6.07, 6.45) is 7.34. The quantitative estimate of drug-likeness (QED) is 0.333. The molecule has 0 aromatic heterocycles. The number of rotatable bonds is 8. The molecule has 0 aliphatic rings. The molecule has 0 aliphatic heterocycles. The lowest BCUT2D eigenvalue weighted by Gasteiger charge is -2.24. The Kier molecular flexibility index (Phi) is 7.62. The van der Waals surface area contributed by atoms with Crippen molar-refractivity contribution in [2.45, 2.75) is 26.8 Å². The smallest absolute Gasteiger partial charge is 0.308 e. The van der Waals surface area contributed by atoms with Crippen LogP contribution in [0.2, 0.25) is 0 Å². The third-order valence-electron chi connectivity index (χ3n) is 4.67. The minimum atomic E-state index is -0.312. The summed E-state index contributed by atoms with van der Waals surface area (Å²) >= 11 is 0. The summed E-state index contributed by atoms with van der Waals surface area (Å²) in [5, 5.41) is 0. The molecule has 0 amide bonds. The van der Waals surface area contributed by atoms with Gasteiger partial charge in [-0.15, -0.1) is 0 Å². The molecule has 0 fully saturated rings. The van der Waals surface area contributed by atoms with Gasteiger partial charge in [-0.25, -0.2) is 0 Å². The second-order valence-electron chi connectivity index (χ2n) is 6.98. The van der Waals surface area contributed by atoms with Gasteiger partial charge in [-0.3, -0.25) is 4.79 Å². The van der Waals surface area contributed by atoms with Crippen LogP contribution in [-0.4, -0.2) is 10.9 Å². The maximum absolute atomic E-state index is 11.1. The molecule has 0 heterocycles. The molecule has 0 unspecified atom stereocenters. The number of hydrogen-bond acceptors (Lipinski definition) is 3. The van der Waals surface area contributed by atoms with E-state index < -0.39 is 0 Å². The van der Waals surface area contributed by atoms with Crippen LogP contribution in [-0.2, 0) is 17.8 Å². The molecule has 30 heavy (non-hydrogen) atoms. The normalized spacial score (nSPS) is 11.5. The number of ether oxygens (including phenoxy) is 1. The van der Waals surface area contributed by atoms with Crippen LogP contribution in [0.4, 0.5) is 0 Å². The standard InChI is InChI=1S/C27H27NO2/c1-3-27(25-14-8-5-9-15-25)28(20-10-13-23-11-6-4-7-12-23)21-24-16-18-26(19-17-24)30-22(2)29/h3-12,14-20H,13,21H2,1-2H3/b20-10+,27-3-. The van der Waals surface area contributed by atoms with E-state index in [9.17, 15) is 4.79 Å². The Hall–Kier alpha value is -3.59. The van der Waals surface area contributed by atoms with E-state index in [4.69, 9.17) is 4.74 Å². The van der Waals surface area contributed by atoms with Crippen molar-refractivity contribution < 1.29 is 9.53 Å². The van der Waals surface area contributed by atoms with Crippen molar-refractivity contribution in [2.24, 2.45) is 0 Å². The fourth-order valence-electron chi connectivity index (χ4n) is 3.28. The van der Waals surface area contributed by atoms with Crippen LogP contribution in [0, 0.1) is 0 Å². The SMILES string of the molecule is C/C=C(/c1ccccc1)N(/C=C/Cc1ccccc1)Cc1ccc(OC(C)=O)cc1. The zero-order valence-electron chi connectivity index (χ0n) is 17.5. The van der Waals surface area contributed by atoms with Crippen LogP contribution < -0.4 is 4.74 Å². The Balaban J connectivity index is 1.82. The molecule has 3 nitrogen and oxygen atoms in total. The van der Waals surface area contributed by atoms with Crippen LogP contribution in [0.5, 0.6) is 5.75 Å². The lowest BCUT2D eigenvalue weighted by Crippen LogP contribution is -2.15. The average Bonchev–Trinajstić information content (AvgIpc) is 2.76. The highest BCUT2D eigenvalue weighted by atomic mass is 16.5. The third-order valence-corrected chi connectivity index (χ3v) is 4.67. The van der Waals surface area contributed by atoms with Crippen LogP contribution >= 0.6 is 0 Å². The third kappa shape index (κ3) is 6.21. The van der Waals surface area contributed by atoms with Crippen molar-refractivity contribution in [1.82, 2.24) is 4.90 Å². The van der Waals surface area contributed by atoms with E-state index in [0.29, 0.717) is 12.3 Å². The number of esters is 1. The van der Waals surface area contributed by atoms with Crippen molar-refractivity contribution in [1.29, 1.82) is 0 Å². The molecule has 0 aliphatic carbocycles. The summed E-state index contributed by atoms with van der Waals surface area (Å²) in [6.45, 7) is 4.18. The summed E-state index contributed by atoms with van der Waals surface area (Å²) in [5.41, 5.74) is 4.72. The molecule has 0 radical (unpaired) electrons. The van der Waals surface area contributed by atoms with E-state index in [1.807, 2.05) is 36.4 Å². The molecule has 3 rings (SSSR count). The number of carbonyl (C=O) groups excluding carboxylic acids is 1. The Morgan fingerprint density at radius 1 is 0.867 bits per heavy atom. The highest BCUT2D eigenvalue weighted by molar-refractivity contribution is 5.69. The number of carbonyl (C=O) groups is 1. The predicted octanol–water partition coefficient (Wildman–Crippen LogP) is 6.23. The fourth-order valence-corrected chi connectivity index (χ4v) is 3.28. The van der Waals surface area contributed by atoms with Crippen LogP contribution in [0.3, 0.4) is 0 Å². The number of allylic oxidation sites excluding steroid dienone is 2. The van der Waals surface area contributed by atoms with E-state index in [1.54, 1.807) is 0 Å². The van der Waals surface area contributed by atoms with Gasteiger partial charge in [0, 0.05) is 25.4 Å². The number of nitrogens with zero attached hydrogens (tertiary/aromatic N) is 1. The Morgan fingerprint density at radius 2 is 1.50 bits per heavy atom. The van der Waals surface area contributed by atoms with Gasteiger partial charge >= 0.3 is 5.97 Å². The molecule has 0 saturated heterocycles. The van der Waals surface area contributed by atoms with Crippen LogP contribution in [0.1, 0.15) is 30.5 Å². The minimum absolute atomic E-state index is 0.312. The molecule has 0 spiro atoms. The molecule has 3 heteroatoms. The summed E-state index contributed by atoms with van der Waals surface area (Å²) in [4.78, 5) is 13.4. The van der Waals surface area contributed by atoms with E-state index in [0.717, 1.165) is 17.7 Å². The summed E-state index contributed by atoms with van der Waals surface area (Å²) in [6, 6.07) is 28.5. The average molecular weight is 398 g/mol. The molecule has 0 atom stereocenters. The summed E-state index contributed by atoms with van der Waals surface area (Å²) < 4.78 is 5.15. The van der Waals surface area contributed by atoms with Crippen molar-refractivity contribution in [3.63, 3.8) is 0 Å². The van der Waals surface area contributed by atoms with Gasteiger partial charge in [-0.05, 0) is 42.2 Å². The highest BCUT2D eigenvalue weighted by Gasteiger charge is 2.10. The van der Waals surface area contributed by atoms with Gasteiger partial charge in [-0.1, -0.05) is 84.9 Å². The van der Waals surface area contributed by atoms with Crippen LogP contribution in [0.15, 0.2) is 103 Å². The van der Waals surface area contributed by atoms with Gasteiger partial charge in [0.1, 0.15) is 5.75 Å². The van der Waals surface area contributed by atoms with Crippen molar-refractivity contribution in [3.8, 4) is 5.75 Å². The second-order valence-corrected chi connectivity index (χ2v) is 6.98. The van der Waals surface area contributed by atoms with Crippen molar-refractivity contribution >= 4 is 11.7 Å². The Bertz CT molecular complexity index is 990. The molecule has 152 valence electrons. The molecule has 0 N–H and O–H groups in total. The molecular weight excluding hydrogens is 370 g/mol. The van der Waals surface area contributed by atoms with Gasteiger partial charge in [0.05, 0.1) is 0 Å². The molecule has 3 aromatic rings. The predicted molar refractivity (Wildman–Crippen MR) is 123 cm³/mol. The van der Waals surface area contributed by atoms with E-state index in [-0.39, 0.29) is 5.97 Å². The Morgan fingerprint density at radius 3 is 2.10 bits per heavy atom. The van der Waals surface area contributed by atoms with Crippen molar-refractivity contribution in [3.05, 3.63) is 120 Å². The first-order valence-electron chi connectivity index (χ1n) is 10.1. The topological polar surface area (TPSA) is 29.5 Å². The molecular formula is C27H27NO2. The van der Waals surface area contributed by atoms with Crippen molar-refractivity contribution in [2.75, 3.05) is 0 Å². The zero-order chi connectivity index (χ0) is 21.2.